The van der Waals surface area contributed by atoms with Gasteiger partial charge in [-0.2, -0.15) is 4.98 Å². The molecule has 1 aromatic heterocycles. The van der Waals surface area contributed by atoms with E-state index in [0.29, 0.717) is 29.0 Å². The van der Waals surface area contributed by atoms with Crippen molar-refractivity contribution in [3.8, 4) is 11.5 Å². The van der Waals surface area contributed by atoms with Gasteiger partial charge in [0.25, 0.3) is 5.89 Å². The van der Waals surface area contributed by atoms with Crippen LogP contribution in [0.5, 0.6) is 0 Å². The Morgan fingerprint density at radius 3 is 2.75 bits per heavy atom. The van der Waals surface area contributed by atoms with Crippen LogP contribution in [0.4, 0.5) is 5.69 Å². The Hall–Kier alpha value is -1.59. The van der Waals surface area contributed by atoms with Crippen LogP contribution < -0.4 is 5.73 Å². The van der Waals surface area contributed by atoms with E-state index >= 15 is 0 Å². The molecule has 0 aliphatic heterocycles. The van der Waals surface area contributed by atoms with E-state index in [1.54, 1.807) is 18.2 Å². The molecule has 1 atom stereocenters. The summed E-state index contributed by atoms with van der Waals surface area (Å²) in [6.07, 6.45) is -0.179. The third-order valence-electron chi connectivity index (χ3n) is 2.89. The molecule has 0 saturated heterocycles. The second-order valence-corrected chi connectivity index (χ2v) is 5.22. The standard InChI is InChI=1S/C14H18ClN3O2/c1-4-19-12(8(2)3)13-17-14(20-18-13)9-5-6-10(15)11(16)7-9/h5-8,12H,4,16H2,1-3H3. The molecule has 5 nitrogen and oxygen atoms in total. The zero-order valence-corrected chi connectivity index (χ0v) is 12.5. The lowest BCUT2D eigenvalue weighted by Crippen LogP contribution is -2.12. The lowest BCUT2D eigenvalue weighted by molar-refractivity contribution is 0.0217. The normalized spacial score (nSPS) is 12.8. The first-order valence-electron chi connectivity index (χ1n) is 6.53. The maximum absolute atomic E-state index is 5.89. The molecular formula is C14H18ClN3O2. The summed E-state index contributed by atoms with van der Waals surface area (Å²) in [5.41, 5.74) is 7.00. The average Bonchev–Trinajstić information content (AvgIpc) is 2.88. The summed E-state index contributed by atoms with van der Waals surface area (Å²) in [4.78, 5) is 4.39. The molecule has 2 rings (SSSR count). The van der Waals surface area contributed by atoms with Gasteiger partial charge in [0.15, 0.2) is 0 Å². The first-order valence-corrected chi connectivity index (χ1v) is 6.91. The minimum Gasteiger partial charge on any atom is -0.398 e. The van der Waals surface area contributed by atoms with Gasteiger partial charge in [0, 0.05) is 12.2 Å². The van der Waals surface area contributed by atoms with Crippen LogP contribution in [0.2, 0.25) is 5.02 Å². The van der Waals surface area contributed by atoms with Crippen LogP contribution in [0.3, 0.4) is 0 Å². The van der Waals surface area contributed by atoms with Gasteiger partial charge in [0.2, 0.25) is 5.82 Å². The Kier molecular flexibility index (Phi) is 4.62. The Morgan fingerprint density at radius 2 is 2.15 bits per heavy atom. The van der Waals surface area contributed by atoms with Crippen LogP contribution in [0, 0.1) is 5.92 Å². The van der Waals surface area contributed by atoms with Crippen LogP contribution in [0.1, 0.15) is 32.7 Å². The third-order valence-corrected chi connectivity index (χ3v) is 3.24. The fraction of sp³-hybridized carbons (Fsp3) is 0.429. The Bertz CT molecular complexity index is 584. The largest absolute Gasteiger partial charge is 0.398 e. The van der Waals surface area contributed by atoms with E-state index in [9.17, 15) is 0 Å². The quantitative estimate of drug-likeness (QED) is 0.851. The predicted molar refractivity (Wildman–Crippen MR) is 78.4 cm³/mol. The van der Waals surface area contributed by atoms with Crippen molar-refractivity contribution >= 4 is 17.3 Å². The van der Waals surface area contributed by atoms with Crippen molar-refractivity contribution in [3.05, 3.63) is 29.0 Å². The average molecular weight is 296 g/mol. The van der Waals surface area contributed by atoms with Crippen LogP contribution in [0.15, 0.2) is 22.7 Å². The summed E-state index contributed by atoms with van der Waals surface area (Å²) in [5.74, 6) is 1.22. The molecule has 0 aliphatic rings. The van der Waals surface area contributed by atoms with Gasteiger partial charge < -0.3 is 15.0 Å². The number of ether oxygens (including phenoxy) is 1. The lowest BCUT2D eigenvalue weighted by Gasteiger charge is -2.16. The van der Waals surface area contributed by atoms with Crippen molar-refractivity contribution < 1.29 is 9.26 Å². The molecule has 108 valence electrons. The van der Waals surface area contributed by atoms with Gasteiger partial charge in [-0.05, 0) is 31.0 Å². The summed E-state index contributed by atoms with van der Waals surface area (Å²) in [6, 6.07) is 5.21. The molecule has 6 heteroatoms. The van der Waals surface area contributed by atoms with Crippen LogP contribution in [-0.2, 0) is 4.74 Å². The Labute approximate surface area is 123 Å². The molecule has 0 radical (unpaired) electrons. The van der Waals surface area contributed by atoms with E-state index in [1.807, 2.05) is 6.92 Å². The maximum atomic E-state index is 5.89. The molecule has 2 aromatic rings. The molecule has 0 bridgehead atoms. The molecule has 0 saturated carbocycles. The SMILES string of the molecule is CCOC(c1noc(-c2ccc(Cl)c(N)c2)n1)C(C)C. The molecule has 20 heavy (non-hydrogen) atoms. The fourth-order valence-corrected chi connectivity index (χ4v) is 2.01. The first kappa shape index (κ1) is 14.8. The van der Waals surface area contributed by atoms with E-state index in [1.165, 1.54) is 0 Å². The Morgan fingerprint density at radius 1 is 1.40 bits per heavy atom. The zero-order valence-electron chi connectivity index (χ0n) is 11.8. The van der Waals surface area contributed by atoms with Gasteiger partial charge in [-0.3, -0.25) is 0 Å². The van der Waals surface area contributed by atoms with Crippen LogP contribution in [-0.4, -0.2) is 16.7 Å². The van der Waals surface area contributed by atoms with Gasteiger partial charge in [0.1, 0.15) is 6.10 Å². The van der Waals surface area contributed by atoms with Gasteiger partial charge in [-0.15, -0.1) is 0 Å². The number of halogens is 1. The molecule has 0 spiro atoms. The molecular weight excluding hydrogens is 278 g/mol. The predicted octanol–water partition coefficient (Wildman–Crippen LogP) is 3.71. The molecule has 1 unspecified atom stereocenters. The number of nitrogens with two attached hydrogens (primary N) is 1. The number of nitrogen functional groups attached to an aromatic ring is 1. The highest BCUT2D eigenvalue weighted by Gasteiger charge is 2.22. The molecule has 2 N–H and O–H groups in total. The van der Waals surface area contributed by atoms with Crippen molar-refractivity contribution in [1.29, 1.82) is 0 Å². The van der Waals surface area contributed by atoms with Crippen molar-refractivity contribution in [3.63, 3.8) is 0 Å². The van der Waals surface area contributed by atoms with Gasteiger partial charge >= 0.3 is 0 Å². The molecule has 1 heterocycles. The van der Waals surface area contributed by atoms with E-state index in [-0.39, 0.29) is 12.0 Å². The maximum Gasteiger partial charge on any atom is 0.258 e. The number of anilines is 1. The lowest BCUT2D eigenvalue weighted by atomic mass is 10.1. The highest BCUT2D eigenvalue weighted by Crippen LogP contribution is 2.28. The second-order valence-electron chi connectivity index (χ2n) is 4.81. The van der Waals surface area contributed by atoms with Gasteiger partial charge in [-0.25, -0.2) is 0 Å². The number of nitrogens with zero attached hydrogens (tertiary/aromatic N) is 2. The monoisotopic (exact) mass is 295 g/mol. The van der Waals surface area contributed by atoms with Crippen molar-refractivity contribution in [2.45, 2.75) is 26.9 Å². The molecule has 0 fully saturated rings. The van der Waals surface area contributed by atoms with Crippen LogP contribution >= 0.6 is 11.6 Å². The van der Waals surface area contributed by atoms with Crippen LogP contribution in [0.25, 0.3) is 11.5 Å². The number of aromatic nitrogens is 2. The number of hydrogen-bond donors (Lipinski definition) is 1. The van der Waals surface area contributed by atoms with Crippen molar-refractivity contribution in [2.75, 3.05) is 12.3 Å². The molecule has 0 aliphatic carbocycles. The zero-order chi connectivity index (χ0) is 14.7. The minimum atomic E-state index is -0.179. The van der Waals surface area contributed by atoms with E-state index in [0.717, 1.165) is 5.56 Å². The Balaban J connectivity index is 2.29. The van der Waals surface area contributed by atoms with Crippen molar-refractivity contribution in [1.82, 2.24) is 10.1 Å². The smallest absolute Gasteiger partial charge is 0.258 e. The summed E-state index contributed by atoms with van der Waals surface area (Å²) in [7, 11) is 0. The summed E-state index contributed by atoms with van der Waals surface area (Å²) in [5, 5.41) is 4.50. The van der Waals surface area contributed by atoms with E-state index < -0.39 is 0 Å². The highest BCUT2D eigenvalue weighted by atomic mass is 35.5. The molecule has 1 aromatic carbocycles. The topological polar surface area (TPSA) is 74.2 Å². The summed E-state index contributed by atoms with van der Waals surface area (Å²) in [6.45, 7) is 6.64. The summed E-state index contributed by atoms with van der Waals surface area (Å²) < 4.78 is 10.9. The molecule has 0 amide bonds. The van der Waals surface area contributed by atoms with Crippen molar-refractivity contribution in [2.24, 2.45) is 5.92 Å². The minimum absolute atomic E-state index is 0.179. The second kappa shape index (κ2) is 6.24. The first-order chi connectivity index (χ1) is 9.52. The van der Waals surface area contributed by atoms with Gasteiger partial charge in [-0.1, -0.05) is 30.6 Å². The number of rotatable bonds is 5. The highest BCUT2D eigenvalue weighted by molar-refractivity contribution is 6.33. The van der Waals surface area contributed by atoms with Gasteiger partial charge in [0.05, 0.1) is 10.7 Å². The number of benzene rings is 1. The summed E-state index contributed by atoms with van der Waals surface area (Å²) >= 11 is 5.89. The van der Waals surface area contributed by atoms with E-state index in [4.69, 9.17) is 26.6 Å². The third kappa shape index (κ3) is 3.11. The fourth-order valence-electron chi connectivity index (χ4n) is 1.89. The van der Waals surface area contributed by atoms with E-state index in [2.05, 4.69) is 24.0 Å². The number of hydrogen-bond acceptors (Lipinski definition) is 5.